The van der Waals surface area contributed by atoms with Crippen LogP contribution in [-0.2, 0) is 18.3 Å². The molecule has 0 atom stereocenters. The lowest BCUT2D eigenvalue weighted by Gasteiger charge is -2.18. The zero-order chi connectivity index (χ0) is 16.4. The predicted octanol–water partition coefficient (Wildman–Crippen LogP) is 2.96. The molecule has 0 saturated carbocycles. The maximum absolute atomic E-state index is 12.1. The van der Waals surface area contributed by atoms with Crippen molar-refractivity contribution in [2.24, 2.45) is 5.10 Å². The van der Waals surface area contributed by atoms with Crippen LogP contribution in [0.3, 0.4) is 0 Å². The zero-order valence-electron chi connectivity index (χ0n) is 13.8. The molecular weight excluding hydrogens is 288 g/mol. The minimum atomic E-state index is -0.257. The van der Waals surface area contributed by atoms with Crippen LogP contribution in [0.2, 0.25) is 0 Å². The second kappa shape index (κ2) is 5.99. The number of hydrogen-bond acceptors (Lipinski definition) is 3. The molecule has 1 aromatic heterocycles. The molecule has 2 N–H and O–H groups in total. The maximum Gasteiger partial charge on any atom is 0.292 e. The van der Waals surface area contributed by atoms with E-state index in [1.165, 1.54) is 5.56 Å². The summed E-state index contributed by atoms with van der Waals surface area (Å²) in [6, 6.07) is 8.18. The molecule has 3 rings (SSSR count). The Balaban J connectivity index is 1.63. The quantitative estimate of drug-likeness (QED) is 0.676. The van der Waals surface area contributed by atoms with Gasteiger partial charge in [0.25, 0.3) is 5.91 Å². The van der Waals surface area contributed by atoms with E-state index in [4.69, 9.17) is 0 Å². The molecule has 1 aliphatic carbocycles. The van der Waals surface area contributed by atoms with Crippen molar-refractivity contribution in [3.05, 3.63) is 52.3 Å². The lowest BCUT2D eigenvalue weighted by Crippen LogP contribution is -2.19. The van der Waals surface area contributed by atoms with Crippen LogP contribution in [0.25, 0.3) is 0 Å². The van der Waals surface area contributed by atoms with Crippen LogP contribution in [0.5, 0.6) is 0 Å². The Bertz CT molecular complexity index is 735. The maximum atomic E-state index is 12.1. The van der Waals surface area contributed by atoms with Gasteiger partial charge in [0.1, 0.15) is 0 Å². The third kappa shape index (κ3) is 3.33. The molecule has 23 heavy (non-hydrogen) atoms. The van der Waals surface area contributed by atoms with Gasteiger partial charge in [0.15, 0.2) is 5.69 Å². The molecule has 0 radical (unpaired) electrons. The summed E-state index contributed by atoms with van der Waals surface area (Å²) in [6.45, 7) is 6.54. The van der Waals surface area contributed by atoms with Gasteiger partial charge in [-0.05, 0) is 35.8 Å². The lowest BCUT2D eigenvalue weighted by atomic mass is 9.87. The summed E-state index contributed by atoms with van der Waals surface area (Å²) in [7, 11) is 0. The molecule has 0 bridgehead atoms. The minimum absolute atomic E-state index is 0.129. The van der Waals surface area contributed by atoms with E-state index in [0.29, 0.717) is 5.69 Å². The first kappa shape index (κ1) is 15.5. The molecule has 0 unspecified atom stereocenters. The van der Waals surface area contributed by atoms with Gasteiger partial charge in [0.2, 0.25) is 0 Å². The van der Waals surface area contributed by atoms with Crippen LogP contribution < -0.4 is 5.43 Å². The van der Waals surface area contributed by atoms with E-state index in [1.807, 2.05) is 12.1 Å². The molecule has 0 spiro atoms. The van der Waals surface area contributed by atoms with Gasteiger partial charge in [-0.2, -0.15) is 10.2 Å². The molecule has 5 nitrogen and oxygen atoms in total. The molecule has 1 amide bonds. The number of benzene rings is 1. The number of nitrogens with zero attached hydrogens (tertiary/aromatic N) is 2. The second-order valence-electron chi connectivity index (χ2n) is 6.95. The van der Waals surface area contributed by atoms with Crippen LogP contribution in [0.4, 0.5) is 0 Å². The third-order valence-corrected chi connectivity index (χ3v) is 4.18. The zero-order valence-corrected chi connectivity index (χ0v) is 13.8. The minimum Gasteiger partial charge on any atom is -0.281 e. The number of rotatable bonds is 3. The Morgan fingerprint density at radius 2 is 2.00 bits per heavy atom. The number of nitrogens with one attached hydrogen (secondary N) is 2. The second-order valence-corrected chi connectivity index (χ2v) is 6.95. The average molecular weight is 310 g/mol. The van der Waals surface area contributed by atoms with Crippen molar-refractivity contribution >= 4 is 12.1 Å². The Morgan fingerprint density at radius 3 is 2.70 bits per heavy atom. The van der Waals surface area contributed by atoms with Crippen LogP contribution >= 0.6 is 0 Å². The molecule has 2 aromatic rings. The summed E-state index contributed by atoms with van der Waals surface area (Å²) in [5.41, 5.74) is 7.49. The number of aromatic nitrogens is 2. The summed E-state index contributed by atoms with van der Waals surface area (Å²) in [4.78, 5) is 12.1. The highest BCUT2D eigenvalue weighted by Crippen LogP contribution is 2.23. The Hall–Kier alpha value is -2.43. The number of aromatic amines is 1. The van der Waals surface area contributed by atoms with Crippen molar-refractivity contribution in [1.82, 2.24) is 15.6 Å². The molecule has 1 aliphatic rings. The highest BCUT2D eigenvalue weighted by molar-refractivity contribution is 5.94. The number of H-pyrrole nitrogens is 1. The van der Waals surface area contributed by atoms with Gasteiger partial charge in [-0.15, -0.1) is 0 Å². The van der Waals surface area contributed by atoms with Gasteiger partial charge in [-0.1, -0.05) is 45.0 Å². The fraction of sp³-hybridized carbons (Fsp3) is 0.389. The largest absolute Gasteiger partial charge is 0.292 e. The molecular formula is C18H22N4O. The van der Waals surface area contributed by atoms with Crippen molar-refractivity contribution in [3.63, 3.8) is 0 Å². The van der Waals surface area contributed by atoms with Crippen molar-refractivity contribution < 1.29 is 4.79 Å². The standard InChI is InChI=1S/C18H22N4O/c1-18(2,3)13-9-7-12(8-10-13)11-19-22-17(23)16-14-5-4-6-15(14)20-21-16/h7-11H,4-6H2,1-3H3,(H,20,21)(H,22,23)/b19-11+. The summed E-state index contributed by atoms with van der Waals surface area (Å²) in [5.74, 6) is -0.257. The van der Waals surface area contributed by atoms with E-state index in [1.54, 1.807) is 6.21 Å². The number of carbonyl (C=O) groups excluding carboxylic acids is 1. The van der Waals surface area contributed by atoms with Crippen LogP contribution in [0, 0.1) is 0 Å². The van der Waals surface area contributed by atoms with E-state index in [2.05, 4.69) is 53.6 Å². The van der Waals surface area contributed by atoms with E-state index >= 15 is 0 Å². The number of hydrogen-bond donors (Lipinski definition) is 2. The van der Waals surface area contributed by atoms with E-state index in [-0.39, 0.29) is 11.3 Å². The van der Waals surface area contributed by atoms with Gasteiger partial charge >= 0.3 is 0 Å². The average Bonchev–Trinajstić information content (AvgIpc) is 3.09. The molecule has 5 heteroatoms. The summed E-state index contributed by atoms with van der Waals surface area (Å²) in [6.07, 6.45) is 4.61. The van der Waals surface area contributed by atoms with E-state index in [0.717, 1.165) is 36.1 Å². The van der Waals surface area contributed by atoms with E-state index in [9.17, 15) is 4.79 Å². The molecule has 1 aromatic carbocycles. The van der Waals surface area contributed by atoms with Crippen molar-refractivity contribution in [2.45, 2.75) is 45.4 Å². The van der Waals surface area contributed by atoms with Gasteiger partial charge in [0.05, 0.1) is 6.21 Å². The van der Waals surface area contributed by atoms with Crippen LogP contribution in [0.1, 0.15) is 60.1 Å². The third-order valence-electron chi connectivity index (χ3n) is 4.18. The van der Waals surface area contributed by atoms with E-state index < -0.39 is 0 Å². The SMILES string of the molecule is CC(C)(C)c1ccc(/C=N/NC(=O)c2n[nH]c3c2CCC3)cc1. The highest BCUT2D eigenvalue weighted by Gasteiger charge is 2.22. The summed E-state index contributed by atoms with van der Waals surface area (Å²) in [5, 5.41) is 11.1. The summed E-state index contributed by atoms with van der Waals surface area (Å²) < 4.78 is 0. The van der Waals surface area contributed by atoms with Crippen LogP contribution in [0.15, 0.2) is 29.4 Å². The van der Waals surface area contributed by atoms with Gasteiger partial charge in [-0.25, -0.2) is 5.43 Å². The fourth-order valence-electron chi connectivity index (χ4n) is 2.79. The van der Waals surface area contributed by atoms with Gasteiger partial charge in [0, 0.05) is 11.3 Å². The smallest absolute Gasteiger partial charge is 0.281 e. The number of carbonyl (C=O) groups is 1. The molecule has 1 heterocycles. The Morgan fingerprint density at radius 1 is 1.26 bits per heavy atom. The normalized spacial score (nSPS) is 14.2. The Labute approximate surface area is 136 Å². The highest BCUT2D eigenvalue weighted by atomic mass is 16.2. The van der Waals surface area contributed by atoms with Gasteiger partial charge < -0.3 is 0 Å². The number of hydrazone groups is 1. The topological polar surface area (TPSA) is 70.1 Å². The van der Waals surface area contributed by atoms with Crippen molar-refractivity contribution in [3.8, 4) is 0 Å². The first-order valence-electron chi connectivity index (χ1n) is 7.95. The monoisotopic (exact) mass is 310 g/mol. The fourth-order valence-corrected chi connectivity index (χ4v) is 2.79. The Kier molecular flexibility index (Phi) is 4.03. The number of amides is 1. The van der Waals surface area contributed by atoms with Crippen molar-refractivity contribution in [2.75, 3.05) is 0 Å². The first-order chi connectivity index (χ1) is 10.9. The predicted molar refractivity (Wildman–Crippen MR) is 90.8 cm³/mol. The molecule has 0 aliphatic heterocycles. The lowest BCUT2D eigenvalue weighted by molar-refractivity contribution is 0.0949. The van der Waals surface area contributed by atoms with Crippen molar-refractivity contribution in [1.29, 1.82) is 0 Å². The summed E-state index contributed by atoms with van der Waals surface area (Å²) >= 11 is 0. The molecule has 120 valence electrons. The first-order valence-corrected chi connectivity index (χ1v) is 7.95. The molecule has 0 saturated heterocycles. The molecule has 0 fully saturated rings. The number of fused-ring (bicyclic) bond motifs is 1. The number of aryl methyl sites for hydroxylation is 1. The van der Waals surface area contributed by atoms with Gasteiger partial charge in [-0.3, -0.25) is 9.89 Å². The van der Waals surface area contributed by atoms with Crippen LogP contribution in [-0.4, -0.2) is 22.3 Å².